The second kappa shape index (κ2) is 4.96. The second-order valence-corrected chi connectivity index (χ2v) is 5.76. The molecule has 0 saturated carbocycles. The zero-order valence-electron chi connectivity index (χ0n) is 9.45. The molecule has 0 aliphatic heterocycles. The van der Waals surface area contributed by atoms with E-state index in [1.165, 1.54) is 23.5 Å². The van der Waals surface area contributed by atoms with Gasteiger partial charge in [-0.05, 0) is 36.4 Å². The lowest BCUT2D eigenvalue weighted by Crippen LogP contribution is -1.90. The third kappa shape index (κ3) is 2.66. The fraction of sp³-hybridized carbons (Fsp3) is 0. The van der Waals surface area contributed by atoms with Gasteiger partial charge in [-0.2, -0.15) is 0 Å². The van der Waals surface area contributed by atoms with Gasteiger partial charge in [0.25, 0.3) is 0 Å². The van der Waals surface area contributed by atoms with Crippen LogP contribution in [0.25, 0.3) is 10.2 Å². The molecule has 1 N–H and O–H groups in total. The highest BCUT2D eigenvalue weighted by Gasteiger charge is 2.06. The molecular weight excluding hydrogens is 306 g/mol. The number of aromatic nitrogens is 1. The molecule has 1 heterocycles. The fourth-order valence-corrected chi connectivity index (χ4v) is 2.93. The van der Waals surface area contributed by atoms with Gasteiger partial charge in [-0.25, -0.2) is 9.37 Å². The molecule has 0 amide bonds. The van der Waals surface area contributed by atoms with Crippen molar-refractivity contribution in [2.24, 2.45) is 0 Å². The number of fused-ring (bicyclic) bond motifs is 1. The first-order valence-corrected chi connectivity index (χ1v) is 6.97. The average molecular weight is 313 g/mol. The number of thiazole rings is 1. The molecule has 0 aliphatic carbocycles. The van der Waals surface area contributed by atoms with Crippen molar-refractivity contribution in [1.82, 2.24) is 4.98 Å². The molecule has 96 valence electrons. The number of nitrogens with one attached hydrogen (secondary N) is 1. The van der Waals surface area contributed by atoms with Crippen molar-refractivity contribution >= 4 is 55.6 Å². The van der Waals surface area contributed by atoms with Crippen molar-refractivity contribution in [3.63, 3.8) is 0 Å². The molecule has 0 spiro atoms. The lowest BCUT2D eigenvalue weighted by molar-refractivity contribution is 0.629. The van der Waals surface area contributed by atoms with Gasteiger partial charge in [0.05, 0.1) is 15.2 Å². The Morgan fingerprint density at radius 2 is 1.95 bits per heavy atom. The third-order valence-corrected chi connectivity index (χ3v) is 4.00. The maximum atomic E-state index is 13.3. The maximum Gasteiger partial charge on any atom is 0.188 e. The van der Waals surface area contributed by atoms with Crippen molar-refractivity contribution in [1.29, 1.82) is 0 Å². The van der Waals surface area contributed by atoms with Crippen LogP contribution in [0, 0.1) is 5.82 Å². The molecule has 0 aliphatic rings. The van der Waals surface area contributed by atoms with E-state index in [9.17, 15) is 4.39 Å². The van der Waals surface area contributed by atoms with Crippen LogP contribution in [0.4, 0.5) is 15.2 Å². The quantitative estimate of drug-likeness (QED) is 0.677. The van der Waals surface area contributed by atoms with Gasteiger partial charge < -0.3 is 5.32 Å². The van der Waals surface area contributed by atoms with Crippen LogP contribution >= 0.6 is 34.5 Å². The van der Waals surface area contributed by atoms with Crippen LogP contribution in [0.15, 0.2) is 36.4 Å². The van der Waals surface area contributed by atoms with E-state index in [-0.39, 0.29) is 5.02 Å². The lowest BCUT2D eigenvalue weighted by atomic mass is 10.3. The zero-order valence-corrected chi connectivity index (χ0v) is 11.8. The second-order valence-electron chi connectivity index (χ2n) is 3.88. The fourth-order valence-electron chi connectivity index (χ4n) is 1.65. The summed E-state index contributed by atoms with van der Waals surface area (Å²) in [4.78, 5) is 4.39. The van der Waals surface area contributed by atoms with Gasteiger partial charge in [-0.3, -0.25) is 0 Å². The normalized spacial score (nSPS) is 10.9. The molecule has 0 unspecified atom stereocenters. The van der Waals surface area contributed by atoms with Crippen molar-refractivity contribution in [2.45, 2.75) is 0 Å². The van der Waals surface area contributed by atoms with Crippen LogP contribution < -0.4 is 5.32 Å². The molecule has 3 aromatic rings. The highest BCUT2D eigenvalue weighted by molar-refractivity contribution is 7.22. The Hall–Kier alpha value is -1.36. The van der Waals surface area contributed by atoms with Crippen LogP contribution in [0.2, 0.25) is 10.0 Å². The Morgan fingerprint density at radius 1 is 1.11 bits per heavy atom. The molecular formula is C13H7Cl2FN2S. The topological polar surface area (TPSA) is 24.9 Å². The van der Waals surface area contributed by atoms with Crippen LogP contribution in [-0.2, 0) is 0 Å². The first-order valence-electron chi connectivity index (χ1n) is 5.40. The summed E-state index contributed by atoms with van der Waals surface area (Å²) in [5, 5.41) is 4.49. The van der Waals surface area contributed by atoms with Crippen molar-refractivity contribution in [3.8, 4) is 0 Å². The number of hydrogen-bond donors (Lipinski definition) is 1. The van der Waals surface area contributed by atoms with E-state index in [1.54, 1.807) is 12.1 Å². The van der Waals surface area contributed by atoms with Gasteiger partial charge in [-0.15, -0.1) is 0 Å². The standard InChI is InChI=1S/C13H7Cl2FN2S/c14-7-1-4-11-12(5-7)19-13(18-11)17-8-2-3-9(15)10(16)6-8/h1-6H,(H,17,18). The Labute approximate surface area is 122 Å². The molecule has 2 aromatic carbocycles. The molecule has 0 atom stereocenters. The molecule has 0 bridgehead atoms. The van der Waals surface area contributed by atoms with E-state index in [0.29, 0.717) is 15.8 Å². The first-order chi connectivity index (χ1) is 9.11. The predicted molar refractivity (Wildman–Crippen MR) is 79.3 cm³/mol. The summed E-state index contributed by atoms with van der Waals surface area (Å²) in [5.74, 6) is -0.462. The van der Waals surface area contributed by atoms with Crippen LogP contribution in [0.1, 0.15) is 0 Å². The molecule has 0 saturated heterocycles. The summed E-state index contributed by atoms with van der Waals surface area (Å²) in [6.07, 6.45) is 0. The number of anilines is 2. The van der Waals surface area contributed by atoms with Crippen LogP contribution in [-0.4, -0.2) is 4.98 Å². The lowest BCUT2D eigenvalue weighted by Gasteiger charge is -2.02. The largest absolute Gasteiger partial charge is 0.331 e. The SMILES string of the molecule is Fc1cc(Nc2nc3ccc(Cl)cc3s2)ccc1Cl. The van der Waals surface area contributed by atoms with Gasteiger partial charge in [-0.1, -0.05) is 34.5 Å². The van der Waals surface area contributed by atoms with Crippen molar-refractivity contribution in [3.05, 3.63) is 52.3 Å². The van der Waals surface area contributed by atoms with Gasteiger partial charge in [0, 0.05) is 10.7 Å². The van der Waals surface area contributed by atoms with E-state index < -0.39 is 5.82 Å². The summed E-state index contributed by atoms with van der Waals surface area (Å²) in [6, 6.07) is 10.0. The van der Waals surface area contributed by atoms with Gasteiger partial charge in [0.1, 0.15) is 5.82 Å². The minimum absolute atomic E-state index is 0.0987. The number of halogens is 3. The Bertz CT molecular complexity index is 757. The van der Waals surface area contributed by atoms with Gasteiger partial charge in [0.2, 0.25) is 0 Å². The number of benzene rings is 2. The van der Waals surface area contributed by atoms with E-state index in [2.05, 4.69) is 10.3 Å². The number of hydrogen-bond acceptors (Lipinski definition) is 3. The summed E-state index contributed by atoms with van der Waals surface area (Å²) < 4.78 is 14.3. The first kappa shape index (κ1) is 12.7. The summed E-state index contributed by atoms with van der Waals surface area (Å²) >= 11 is 13.0. The number of nitrogens with zero attached hydrogens (tertiary/aromatic N) is 1. The minimum Gasteiger partial charge on any atom is -0.331 e. The third-order valence-electron chi connectivity index (χ3n) is 2.52. The van der Waals surface area contributed by atoms with Crippen molar-refractivity contribution in [2.75, 3.05) is 5.32 Å². The number of rotatable bonds is 2. The van der Waals surface area contributed by atoms with Crippen molar-refractivity contribution < 1.29 is 4.39 Å². The van der Waals surface area contributed by atoms with Gasteiger partial charge >= 0.3 is 0 Å². The van der Waals surface area contributed by atoms with Gasteiger partial charge in [0.15, 0.2) is 5.13 Å². The minimum atomic E-state index is -0.462. The average Bonchev–Trinajstić information content (AvgIpc) is 2.75. The smallest absolute Gasteiger partial charge is 0.188 e. The van der Waals surface area contributed by atoms with E-state index in [1.807, 2.05) is 12.1 Å². The van der Waals surface area contributed by atoms with Crippen LogP contribution in [0.3, 0.4) is 0 Å². The summed E-state index contributed by atoms with van der Waals surface area (Å²) in [7, 11) is 0. The highest BCUT2D eigenvalue weighted by atomic mass is 35.5. The zero-order chi connectivity index (χ0) is 13.4. The maximum absolute atomic E-state index is 13.3. The van der Waals surface area contributed by atoms with Crippen LogP contribution in [0.5, 0.6) is 0 Å². The van der Waals surface area contributed by atoms with E-state index >= 15 is 0 Å². The Morgan fingerprint density at radius 3 is 2.74 bits per heavy atom. The molecule has 19 heavy (non-hydrogen) atoms. The van der Waals surface area contributed by atoms with E-state index in [4.69, 9.17) is 23.2 Å². The molecule has 0 fully saturated rings. The Kier molecular flexibility index (Phi) is 3.31. The molecule has 3 rings (SSSR count). The summed E-state index contributed by atoms with van der Waals surface area (Å²) in [5.41, 5.74) is 1.46. The Balaban J connectivity index is 1.94. The molecule has 2 nitrogen and oxygen atoms in total. The summed E-state index contributed by atoms with van der Waals surface area (Å²) in [6.45, 7) is 0. The molecule has 6 heteroatoms. The molecule has 1 aromatic heterocycles. The van der Waals surface area contributed by atoms with E-state index in [0.717, 1.165) is 10.2 Å². The monoisotopic (exact) mass is 312 g/mol. The molecule has 0 radical (unpaired) electrons. The predicted octanol–water partition coefficient (Wildman–Crippen LogP) is 5.49. The highest BCUT2D eigenvalue weighted by Crippen LogP contribution is 2.30.